The molecule has 19 heavy (non-hydrogen) atoms. The first-order chi connectivity index (χ1) is 9.11. The highest BCUT2D eigenvalue weighted by atomic mass is 16.1. The van der Waals surface area contributed by atoms with Crippen molar-refractivity contribution in [3.8, 4) is 0 Å². The van der Waals surface area contributed by atoms with Crippen LogP contribution < -0.4 is 0 Å². The van der Waals surface area contributed by atoms with Crippen LogP contribution >= 0.6 is 0 Å². The summed E-state index contributed by atoms with van der Waals surface area (Å²) in [6.45, 7) is 2.45. The maximum absolute atomic E-state index is 11.0. The van der Waals surface area contributed by atoms with Crippen LogP contribution in [0.3, 0.4) is 0 Å². The summed E-state index contributed by atoms with van der Waals surface area (Å²) in [7, 11) is 1.81. The molecule has 1 amide bonds. The number of ketones is 1. The molecule has 3 nitrogen and oxygen atoms in total. The Kier molecular flexibility index (Phi) is 6.86. The Labute approximate surface area is 115 Å². The highest BCUT2D eigenvalue weighted by Gasteiger charge is 1.99. The largest absolute Gasteiger partial charge is 0.348 e. The lowest BCUT2D eigenvalue weighted by molar-refractivity contribution is -0.117. The zero-order chi connectivity index (χ0) is 14.1. The molecule has 0 saturated carbocycles. The van der Waals surface area contributed by atoms with E-state index >= 15 is 0 Å². The van der Waals surface area contributed by atoms with Gasteiger partial charge < -0.3 is 4.90 Å². The van der Waals surface area contributed by atoms with Crippen molar-refractivity contribution in [2.24, 2.45) is 0 Å². The zero-order valence-electron chi connectivity index (χ0n) is 11.9. The molecule has 0 bridgehead atoms. The van der Waals surface area contributed by atoms with E-state index in [4.69, 9.17) is 0 Å². The molecule has 0 unspecified atom stereocenters. The van der Waals surface area contributed by atoms with Crippen molar-refractivity contribution in [1.29, 1.82) is 0 Å². The Bertz CT molecular complexity index is 398. The number of amides is 1. The van der Waals surface area contributed by atoms with E-state index in [1.165, 1.54) is 5.56 Å². The Hall–Kier alpha value is -1.64. The fourth-order valence-electron chi connectivity index (χ4n) is 2.03. The minimum absolute atomic E-state index is 0.201. The topological polar surface area (TPSA) is 37.4 Å². The normalized spacial score (nSPS) is 10.2. The van der Waals surface area contributed by atoms with Crippen molar-refractivity contribution < 1.29 is 9.59 Å². The molecule has 0 radical (unpaired) electrons. The maximum Gasteiger partial charge on any atom is 0.209 e. The quantitative estimate of drug-likeness (QED) is 0.506. The molecular weight excluding hydrogens is 238 g/mol. The SMILES string of the molecule is CC(=O)Cc1ccc(CCCCCN(C)C=O)cc1. The lowest BCUT2D eigenvalue weighted by Crippen LogP contribution is -2.16. The van der Waals surface area contributed by atoms with Crippen LogP contribution in [0.2, 0.25) is 0 Å². The molecule has 0 aliphatic carbocycles. The van der Waals surface area contributed by atoms with Gasteiger partial charge >= 0.3 is 0 Å². The van der Waals surface area contributed by atoms with Crippen LogP contribution in [0.5, 0.6) is 0 Å². The second kappa shape index (κ2) is 8.46. The molecule has 1 aromatic rings. The second-order valence-corrected chi connectivity index (χ2v) is 5.09. The molecule has 0 fully saturated rings. The van der Waals surface area contributed by atoms with Crippen LogP contribution in [0.25, 0.3) is 0 Å². The fourth-order valence-corrected chi connectivity index (χ4v) is 2.03. The smallest absolute Gasteiger partial charge is 0.209 e. The Morgan fingerprint density at radius 1 is 1.11 bits per heavy atom. The number of benzene rings is 1. The van der Waals surface area contributed by atoms with Crippen molar-refractivity contribution in [1.82, 2.24) is 4.90 Å². The number of unbranched alkanes of at least 4 members (excludes halogenated alkanes) is 2. The zero-order valence-corrected chi connectivity index (χ0v) is 11.9. The highest BCUT2D eigenvalue weighted by Crippen LogP contribution is 2.09. The van der Waals surface area contributed by atoms with Gasteiger partial charge in [0.05, 0.1) is 0 Å². The minimum atomic E-state index is 0.201. The first kappa shape index (κ1) is 15.4. The van der Waals surface area contributed by atoms with Gasteiger partial charge in [-0.3, -0.25) is 9.59 Å². The minimum Gasteiger partial charge on any atom is -0.348 e. The van der Waals surface area contributed by atoms with Gasteiger partial charge in [-0.25, -0.2) is 0 Å². The number of Topliss-reactive ketones (excluding diaryl/α,β-unsaturated/α-hetero) is 1. The molecule has 0 aliphatic heterocycles. The third kappa shape index (κ3) is 6.75. The van der Waals surface area contributed by atoms with Crippen LogP contribution in [0.4, 0.5) is 0 Å². The van der Waals surface area contributed by atoms with Crippen molar-refractivity contribution in [3.63, 3.8) is 0 Å². The summed E-state index contributed by atoms with van der Waals surface area (Å²) < 4.78 is 0. The summed E-state index contributed by atoms with van der Waals surface area (Å²) in [6.07, 6.45) is 5.78. The number of hydrogen-bond donors (Lipinski definition) is 0. The molecule has 0 N–H and O–H groups in total. The van der Waals surface area contributed by atoms with Gasteiger partial charge in [0.1, 0.15) is 5.78 Å². The van der Waals surface area contributed by atoms with Crippen LogP contribution in [0.15, 0.2) is 24.3 Å². The Balaban J connectivity index is 2.22. The highest BCUT2D eigenvalue weighted by molar-refractivity contribution is 5.78. The van der Waals surface area contributed by atoms with Gasteiger partial charge in [0.25, 0.3) is 0 Å². The molecule has 0 spiro atoms. The van der Waals surface area contributed by atoms with E-state index in [1.807, 2.05) is 12.1 Å². The van der Waals surface area contributed by atoms with Crippen LogP contribution in [0, 0.1) is 0 Å². The predicted octanol–water partition coefficient (Wildman–Crippen LogP) is 2.62. The number of hydrogen-bond acceptors (Lipinski definition) is 2. The maximum atomic E-state index is 11.0. The van der Waals surface area contributed by atoms with E-state index < -0.39 is 0 Å². The average Bonchev–Trinajstić information content (AvgIpc) is 2.39. The van der Waals surface area contributed by atoms with Crippen LogP contribution in [-0.2, 0) is 22.4 Å². The number of aryl methyl sites for hydroxylation is 1. The van der Waals surface area contributed by atoms with Gasteiger partial charge in [-0.05, 0) is 37.3 Å². The summed E-state index contributed by atoms with van der Waals surface area (Å²) in [5.74, 6) is 0.201. The summed E-state index contributed by atoms with van der Waals surface area (Å²) in [4.78, 5) is 23.1. The summed E-state index contributed by atoms with van der Waals surface area (Å²) in [5.41, 5.74) is 2.40. The van der Waals surface area contributed by atoms with E-state index in [0.717, 1.165) is 44.2 Å². The molecule has 1 aromatic carbocycles. The fraction of sp³-hybridized carbons (Fsp3) is 0.500. The predicted molar refractivity (Wildman–Crippen MR) is 77.1 cm³/mol. The van der Waals surface area contributed by atoms with Crippen molar-refractivity contribution in [2.45, 2.75) is 39.0 Å². The molecule has 0 atom stereocenters. The average molecular weight is 261 g/mol. The van der Waals surface area contributed by atoms with Crippen molar-refractivity contribution in [3.05, 3.63) is 35.4 Å². The van der Waals surface area contributed by atoms with Crippen molar-refractivity contribution >= 4 is 12.2 Å². The van der Waals surface area contributed by atoms with Gasteiger partial charge in [-0.2, -0.15) is 0 Å². The van der Waals surface area contributed by atoms with Gasteiger partial charge in [0.15, 0.2) is 0 Å². The molecule has 0 aliphatic rings. The van der Waals surface area contributed by atoms with E-state index in [2.05, 4.69) is 12.1 Å². The third-order valence-corrected chi connectivity index (χ3v) is 3.13. The first-order valence-corrected chi connectivity index (χ1v) is 6.84. The van der Waals surface area contributed by atoms with E-state index in [-0.39, 0.29) is 5.78 Å². The van der Waals surface area contributed by atoms with E-state index in [0.29, 0.717) is 6.42 Å². The molecule has 0 heterocycles. The summed E-state index contributed by atoms with van der Waals surface area (Å²) >= 11 is 0. The standard InChI is InChI=1S/C16H23NO2/c1-14(19)12-16-9-7-15(8-10-16)6-4-3-5-11-17(2)13-18/h7-10,13H,3-6,11-12H2,1-2H3. The van der Waals surface area contributed by atoms with Crippen LogP contribution in [0.1, 0.15) is 37.3 Å². The van der Waals surface area contributed by atoms with E-state index in [1.54, 1.807) is 18.9 Å². The number of carbonyl (C=O) groups excluding carboxylic acids is 2. The van der Waals surface area contributed by atoms with Gasteiger partial charge in [0.2, 0.25) is 6.41 Å². The van der Waals surface area contributed by atoms with E-state index in [9.17, 15) is 9.59 Å². The Morgan fingerprint density at radius 3 is 2.32 bits per heavy atom. The van der Waals surface area contributed by atoms with Gasteiger partial charge in [0, 0.05) is 20.0 Å². The molecule has 1 rings (SSSR count). The molecule has 0 aromatic heterocycles. The van der Waals surface area contributed by atoms with Gasteiger partial charge in [-0.15, -0.1) is 0 Å². The third-order valence-electron chi connectivity index (χ3n) is 3.13. The molecule has 3 heteroatoms. The molecule has 104 valence electrons. The van der Waals surface area contributed by atoms with Crippen LogP contribution in [-0.4, -0.2) is 30.7 Å². The van der Waals surface area contributed by atoms with Crippen molar-refractivity contribution in [2.75, 3.05) is 13.6 Å². The number of nitrogens with zero attached hydrogens (tertiary/aromatic N) is 1. The van der Waals surface area contributed by atoms with Gasteiger partial charge in [-0.1, -0.05) is 30.7 Å². The lowest BCUT2D eigenvalue weighted by Gasteiger charge is -2.09. The lowest BCUT2D eigenvalue weighted by atomic mass is 10.0. The second-order valence-electron chi connectivity index (χ2n) is 5.09. The monoisotopic (exact) mass is 261 g/mol. The summed E-state index contributed by atoms with van der Waals surface area (Å²) in [5, 5.41) is 0. The first-order valence-electron chi connectivity index (χ1n) is 6.84. The molecular formula is C16H23NO2. The number of carbonyl (C=O) groups is 2. The number of rotatable bonds is 9. The Morgan fingerprint density at radius 2 is 1.74 bits per heavy atom. The summed E-state index contributed by atoms with van der Waals surface area (Å²) in [6, 6.07) is 8.29. The molecule has 0 saturated heterocycles.